The maximum atomic E-state index is 6.51. The van der Waals surface area contributed by atoms with E-state index >= 15 is 0 Å². The topological polar surface area (TPSA) is 17.3 Å². The zero-order valence-electron chi connectivity index (χ0n) is 11.6. The van der Waals surface area contributed by atoms with Crippen molar-refractivity contribution >= 4 is 50.0 Å². The molecule has 0 radical (unpaired) electrons. The van der Waals surface area contributed by atoms with E-state index in [-0.39, 0.29) is 0 Å². The van der Waals surface area contributed by atoms with Gasteiger partial charge in [-0.2, -0.15) is 0 Å². The Labute approximate surface area is 131 Å². The van der Waals surface area contributed by atoms with Crippen LogP contribution in [0.4, 0.5) is 0 Å². The molecule has 5 rings (SSSR count). The van der Waals surface area contributed by atoms with Gasteiger partial charge in [0.1, 0.15) is 5.65 Å². The third kappa shape index (κ3) is 1.42. The summed E-state index contributed by atoms with van der Waals surface area (Å²) in [6.45, 7) is 0. The lowest BCUT2D eigenvalue weighted by atomic mass is 10.1. The third-order valence-electron chi connectivity index (χ3n) is 4.23. The molecule has 3 aromatic carbocycles. The van der Waals surface area contributed by atoms with Crippen LogP contribution in [0.1, 0.15) is 0 Å². The van der Waals surface area contributed by atoms with E-state index in [9.17, 15) is 0 Å². The molecule has 0 aliphatic heterocycles. The van der Waals surface area contributed by atoms with Crippen LogP contribution < -0.4 is 0 Å². The number of fused-ring (bicyclic) bond motifs is 8. The molecule has 3 heteroatoms. The van der Waals surface area contributed by atoms with E-state index in [0.717, 1.165) is 38.0 Å². The molecular weight excluding hydrogens is 292 g/mol. The monoisotopic (exact) mass is 302 g/mol. The van der Waals surface area contributed by atoms with Gasteiger partial charge in [-0.3, -0.25) is 4.40 Å². The van der Waals surface area contributed by atoms with E-state index in [2.05, 4.69) is 40.8 Å². The number of rotatable bonds is 0. The van der Waals surface area contributed by atoms with Crippen molar-refractivity contribution in [2.75, 3.05) is 0 Å². The zero-order chi connectivity index (χ0) is 14.7. The fourth-order valence-electron chi connectivity index (χ4n) is 3.31. The summed E-state index contributed by atoms with van der Waals surface area (Å²) in [7, 11) is 0. The quantitative estimate of drug-likeness (QED) is 0.348. The lowest BCUT2D eigenvalue weighted by Crippen LogP contribution is -1.91. The molecule has 0 unspecified atom stereocenters. The summed E-state index contributed by atoms with van der Waals surface area (Å²) in [5.41, 5.74) is 4.16. The molecule has 0 saturated carbocycles. The first-order chi connectivity index (χ1) is 10.8. The van der Waals surface area contributed by atoms with Gasteiger partial charge in [0.15, 0.2) is 0 Å². The minimum atomic E-state index is 0.739. The van der Waals surface area contributed by atoms with Crippen LogP contribution in [0, 0.1) is 0 Å². The highest BCUT2D eigenvalue weighted by molar-refractivity contribution is 6.38. The summed E-state index contributed by atoms with van der Waals surface area (Å²) in [6.07, 6.45) is 0. The van der Waals surface area contributed by atoms with Gasteiger partial charge in [-0.1, -0.05) is 54.1 Å². The molecule has 2 heterocycles. The number of halogens is 1. The molecule has 0 spiro atoms. The van der Waals surface area contributed by atoms with E-state index < -0.39 is 0 Å². The Morgan fingerprint density at radius 2 is 1.45 bits per heavy atom. The molecule has 0 amide bonds. The van der Waals surface area contributed by atoms with Crippen molar-refractivity contribution in [3.05, 3.63) is 71.8 Å². The highest BCUT2D eigenvalue weighted by atomic mass is 35.5. The zero-order valence-corrected chi connectivity index (χ0v) is 12.4. The average Bonchev–Trinajstić information content (AvgIpc) is 2.94. The van der Waals surface area contributed by atoms with Crippen molar-refractivity contribution < 1.29 is 0 Å². The van der Waals surface area contributed by atoms with Gasteiger partial charge in [0, 0.05) is 10.8 Å². The van der Waals surface area contributed by atoms with Crippen LogP contribution in [0.2, 0.25) is 5.02 Å². The van der Waals surface area contributed by atoms with Crippen LogP contribution in [-0.4, -0.2) is 9.38 Å². The molecule has 2 aromatic heterocycles. The fraction of sp³-hybridized carbons (Fsp3) is 0. The Hall–Kier alpha value is -2.58. The summed E-state index contributed by atoms with van der Waals surface area (Å²) in [5, 5.41) is 4.09. The van der Waals surface area contributed by atoms with Crippen LogP contribution >= 0.6 is 11.6 Å². The summed E-state index contributed by atoms with van der Waals surface area (Å²) in [4.78, 5) is 4.83. The van der Waals surface area contributed by atoms with E-state index in [0.29, 0.717) is 0 Å². The predicted octanol–water partition coefficient (Wildman–Crippen LogP) is 5.45. The van der Waals surface area contributed by atoms with Gasteiger partial charge in [0.2, 0.25) is 0 Å². The Morgan fingerprint density at radius 3 is 2.36 bits per heavy atom. The Bertz CT molecular complexity index is 1190. The molecule has 0 aliphatic rings. The predicted molar refractivity (Wildman–Crippen MR) is 92.7 cm³/mol. The van der Waals surface area contributed by atoms with Crippen molar-refractivity contribution in [1.29, 1.82) is 0 Å². The van der Waals surface area contributed by atoms with Crippen molar-refractivity contribution in [3.63, 3.8) is 0 Å². The molecule has 0 atom stereocenters. The fourth-order valence-corrected chi connectivity index (χ4v) is 3.57. The lowest BCUT2D eigenvalue weighted by molar-refractivity contribution is 1.31. The molecule has 0 aliphatic carbocycles. The molecular formula is C19H11ClN2. The molecule has 0 fully saturated rings. The maximum absolute atomic E-state index is 6.51. The molecule has 5 aromatic rings. The molecule has 104 valence electrons. The van der Waals surface area contributed by atoms with Gasteiger partial charge < -0.3 is 0 Å². The van der Waals surface area contributed by atoms with Crippen molar-refractivity contribution in [3.8, 4) is 0 Å². The van der Waals surface area contributed by atoms with Crippen LogP contribution in [0.5, 0.6) is 0 Å². The summed E-state index contributed by atoms with van der Waals surface area (Å²) < 4.78 is 2.21. The number of nitrogens with zero attached hydrogens (tertiary/aromatic N) is 2. The van der Waals surface area contributed by atoms with Gasteiger partial charge in [-0.15, -0.1) is 0 Å². The molecule has 22 heavy (non-hydrogen) atoms. The van der Waals surface area contributed by atoms with Crippen LogP contribution in [-0.2, 0) is 0 Å². The summed E-state index contributed by atoms with van der Waals surface area (Å²) >= 11 is 6.51. The van der Waals surface area contributed by atoms with Crippen LogP contribution in [0.25, 0.3) is 38.4 Å². The van der Waals surface area contributed by atoms with Gasteiger partial charge in [-0.05, 0) is 29.7 Å². The highest BCUT2D eigenvalue weighted by Crippen LogP contribution is 2.35. The lowest BCUT2D eigenvalue weighted by Gasteiger charge is -2.09. The third-order valence-corrected chi connectivity index (χ3v) is 4.55. The second-order valence-corrected chi connectivity index (χ2v) is 5.85. The molecule has 2 nitrogen and oxygen atoms in total. The average molecular weight is 303 g/mol. The summed E-state index contributed by atoms with van der Waals surface area (Å²) in [6, 6.07) is 22.6. The second-order valence-electron chi connectivity index (χ2n) is 5.44. The largest absolute Gasteiger partial charge is 0.292 e. The SMILES string of the molecule is Clc1cccc2c3ccccc3n3c4ccccc4nc3c12. The van der Waals surface area contributed by atoms with Gasteiger partial charge in [-0.25, -0.2) is 4.98 Å². The number of para-hydroxylation sites is 3. The van der Waals surface area contributed by atoms with E-state index in [4.69, 9.17) is 16.6 Å². The standard InChI is InChI=1S/C19H11ClN2/c20-14-8-5-7-13-12-6-1-3-10-16(12)22-17-11-4-2-9-15(17)21-19(22)18(13)14/h1-11H. The van der Waals surface area contributed by atoms with Gasteiger partial charge in [0.05, 0.1) is 21.6 Å². The Morgan fingerprint density at radius 1 is 0.727 bits per heavy atom. The normalized spacial score (nSPS) is 11.9. The Balaban J connectivity index is 2.26. The molecule has 0 N–H and O–H groups in total. The van der Waals surface area contributed by atoms with E-state index in [1.165, 1.54) is 5.39 Å². The van der Waals surface area contributed by atoms with E-state index in [1.54, 1.807) is 0 Å². The van der Waals surface area contributed by atoms with Crippen molar-refractivity contribution in [2.45, 2.75) is 0 Å². The number of imidazole rings is 1. The van der Waals surface area contributed by atoms with E-state index in [1.807, 2.05) is 30.3 Å². The smallest absolute Gasteiger partial charge is 0.147 e. The van der Waals surface area contributed by atoms with Crippen LogP contribution in [0.3, 0.4) is 0 Å². The highest BCUT2D eigenvalue weighted by Gasteiger charge is 2.14. The molecule has 0 bridgehead atoms. The number of hydrogen-bond donors (Lipinski definition) is 0. The summed E-state index contributed by atoms with van der Waals surface area (Å²) in [5.74, 6) is 0. The first kappa shape index (κ1) is 12.0. The minimum Gasteiger partial charge on any atom is -0.292 e. The number of aromatic nitrogens is 2. The maximum Gasteiger partial charge on any atom is 0.147 e. The second kappa shape index (κ2) is 4.21. The van der Waals surface area contributed by atoms with Gasteiger partial charge in [0.25, 0.3) is 0 Å². The number of benzene rings is 3. The number of hydrogen-bond acceptors (Lipinski definition) is 1. The van der Waals surface area contributed by atoms with Gasteiger partial charge >= 0.3 is 0 Å². The molecule has 0 saturated heterocycles. The Kier molecular flexibility index (Phi) is 2.30. The first-order valence-corrected chi connectivity index (χ1v) is 7.58. The van der Waals surface area contributed by atoms with Crippen molar-refractivity contribution in [1.82, 2.24) is 9.38 Å². The first-order valence-electron chi connectivity index (χ1n) is 7.21. The van der Waals surface area contributed by atoms with Crippen molar-refractivity contribution in [2.24, 2.45) is 0 Å². The minimum absolute atomic E-state index is 0.739. The number of pyridine rings is 1. The van der Waals surface area contributed by atoms with Crippen LogP contribution in [0.15, 0.2) is 66.7 Å².